The molecule has 3 aromatic rings. The number of thiophene rings is 1. The molecule has 9 nitrogen and oxygen atoms in total. The fraction of sp³-hybridized carbons (Fsp3) is 0.462. The summed E-state index contributed by atoms with van der Waals surface area (Å²) in [6, 6.07) is 9.85. The van der Waals surface area contributed by atoms with E-state index < -0.39 is 0 Å². The third kappa shape index (κ3) is 6.40. The van der Waals surface area contributed by atoms with Crippen LogP contribution in [0.5, 0.6) is 0 Å². The van der Waals surface area contributed by atoms with Crippen LogP contribution in [0.2, 0.25) is 0 Å². The van der Waals surface area contributed by atoms with Gasteiger partial charge in [0.1, 0.15) is 10.8 Å². The van der Waals surface area contributed by atoms with Gasteiger partial charge in [0.25, 0.3) is 5.91 Å². The zero-order valence-electron chi connectivity index (χ0n) is 21.0. The van der Waals surface area contributed by atoms with Gasteiger partial charge in [-0.05, 0) is 36.8 Å². The van der Waals surface area contributed by atoms with Crippen molar-refractivity contribution in [1.29, 1.82) is 0 Å². The van der Waals surface area contributed by atoms with Crippen LogP contribution >= 0.6 is 23.1 Å². The van der Waals surface area contributed by atoms with E-state index in [1.54, 1.807) is 0 Å². The maximum absolute atomic E-state index is 13.2. The predicted molar refractivity (Wildman–Crippen MR) is 145 cm³/mol. The summed E-state index contributed by atoms with van der Waals surface area (Å²) >= 11 is 2.89. The third-order valence-electron chi connectivity index (χ3n) is 6.67. The Labute approximate surface area is 225 Å². The number of hydrogen-bond donors (Lipinski definition) is 2. The Morgan fingerprint density at radius 2 is 1.89 bits per heavy atom. The summed E-state index contributed by atoms with van der Waals surface area (Å²) in [5.74, 6) is 0.774. The van der Waals surface area contributed by atoms with Gasteiger partial charge in [-0.1, -0.05) is 42.1 Å². The molecule has 0 spiro atoms. The summed E-state index contributed by atoms with van der Waals surface area (Å²) in [6.45, 7) is 4.39. The van der Waals surface area contributed by atoms with Gasteiger partial charge >= 0.3 is 0 Å². The molecule has 1 aromatic carbocycles. The van der Waals surface area contributed by atoms with E-state index in [4.69, 9.17) is 4.74 Å². The largest absolute Gasteiger partial charge is 0.379 e. The maximum Gasteiger partial charge on any atom is 0.254 e. The molecule has 11 heteroatoms. The first-order valence-corrected chi connectivity index (χ1v) is 14.5. The van der Waals surface area contributed by atoms with Crippen molar-refractivity contribution in [3.8, 4) is 0 Å². The molecule has 0 radical (unpaired) electrons. The molecule has 0 unspecified atom stereocenters. The van der Waals surface area contributed by atoms with Crippen LogP contribution in [0.4, 0.5) is 5.00 Å². The van der Waals surface area contributed by atoms with Crippen molar-refractivity contribution < 1.29 is 14.3 Å². The van der Waals surface area contributed by atoms with Gasteiger partial charge in [0.15, 0.2) is 5.16 Å². The van der Waals surface area contributed by atoms with Crippen molar-refractivity contribution in [3.05, 3.63) is 57.7 Å². The number of aryl methyl sites for hydroxylation is 1. The molecule has 1 aliphatic carbocycles. The number of morpholine rings is 1. The van der Waals surface area contributed by atoms with Crippen LogP contribution in [0.15, 0.2) is 35.5 Å². The highest BCUT2D eigenvalue weighted by Crippen LogP contribution is 2.38. The molecule has 0 saturated carbocycles. The summed E-state index contributed by atoms with van der Waals surface area (Å²) in [5, 5.41) is 16.0. The number of aromatic nitrogens is 3. The van der Waals surface area contributed by atoms with Gasteiger partial charge in [-0.15, -0.1) is 21.5 Å². The number of anilines is 1. The average Bonchev–Trinajstić information content (AvgIpc) is 3.46. The zero-order chi connectivity index (χ0) is 25.6. The molecule has 2 aromatic heterocycles. The molecular weight excluding hydrogens is 508 g/mol. The lowest BCUT2D eigenvalue weighted by Crippen LogP contribution is -2.36. The van der Waals surface area contributed by atoms with Crippen molar-refractivity contribution in [2.24, 2.45) is 7.05 Å². The number of fused-ring (bicyclic) bond motifs is 1. The van der Waals surface area contributed by atoms with E-state index in [0.29, 0.717) is 28.8 Å². The minimum absolute atomic E-state index is 0.132. The Bertz CT molecular complexity index is 1240. The quantitative estimate of drug-likeness (QED) is 0.402. The smallest absolute Gasteiger partial charge is 0.254 e. The standard InChI is InChI=1S/C26H32N6O3S2/c1-31-21(16-32-11-13-35-14-12-32)29-30-26(31)36-17-22(33)28-25-23(19-9-5-6-10-20(19)37-25)24(34)27-15-18-7-3-2-4-8-18/h2-4,7-8H,5-6,9-17H2,1H3,(H,27,34)(H,28,33). The number of thioether (sulfide) groups is 1. The Kier molecular flexibility index (Phi) is 8.55. The van der Waals surface area contributed by atoms with E-state index in [-0.39, 0.29) is 17.6 Å². The lowest BCUT2D eigenvalue weighted by Gasteiger charge is -2.25. The SMILES string of the molecule is Cn1c(CN2CCOCC2)nnc1SCC(=O)Nc1sc2c(c1C(=O)NCc1ccccc1)CCCC2. The molecule has 196 valence electrons. The number of ether oxygens (including phenoxy) is 1. The van der Waals surface area contributed by atoms with Crippen LogP contribution < -0.4 is 10.6 Å². The van der Waals surface area contributed by atoms with Gasteiger partial charge in [0.05, 0.1) is 31.1 Å². The van der Waals surface area contributed by atoms with Gasteiger partial charge in [0.2, 0.25) is 5.91 Å². The number of amides is 2. The highest BCUT2D eigenvalue weighted by atomic mass is 32.2. The number of hydrogen-bond acceptors (Lipinski definition) is 8. The summed E-state index contributed by atoms with van der Waals surface area (Å²) in [6.07, 6.45) is 4.00. The van der Waals surface area contributed by atoms with E-state index in [1.807, 2.05) is 41.9 Å². The molecule has 1 aliphatic heterocycles. The van der Waals surface area contributed by atoms with Crippen LogP contribution in [-0.2, 0) is 42.5 Å². The number of carbonyl (C=O) groups excluding carboxylic acids is 2. The van der Waals surface area contributed by atoms with E-state index in [9.17, 15) is 9.59 Å². The monoisotopic (exact) mass is 540 g/mol. The minimum Gasteiger partial charge on any atom is -0.379 e. The van der Waals surface area contributed by atoms with Crippen molar-refractivity contribution in [2.45, 2.75) is 43.9 Å². The van der Waals surface area contributed by atoms with E-state index in [1.165, 1.54) is 28.0 Å². The van der Waals surface area contributed by atoms with Crippen molar-refractivity contribution in [3.63, 3.8) is 0 Å². The van der Waals surface area contributed by atoms with Crippen LogP contribution in [-0.4, -0.2) is 63.5 Å². The second-order valence-electron chi connectivity index (χ2n) is 9.27. The number of nitrogens with one attached hydrogen (secondary N) is 2. The van der Waals surface area contributed by atoms with E-state index in [2.05, 4.69) is 25.7 Å². The molecule has 0 bridgehead atoms. The average molecular weight is 541 g/mol. The van der Waals surface area contributed by atoms with E-state index in [0.717, 1.165) is 68.9 Å². The first kappa shape index (κ1) is 25.9. The van der Waals surface area contributed by atoms with Crippen LogP contribution in [0.1, 0.15) is 45.0 Å². The number of benzene rings is 1. The fourth-order valence-corrected chi connectivity index (χ4v) is 6.65. The van der Waals surface area contributed by atoms with Gasteiger partial charge in [0, 0.05) is 31.6 Å². The molecule has 5 rings (SSSR count). The van der Waals surface area contributed by atoms with Crippen molar-refractivity contribution in [2.75, 3.05) is 37.4 Å². The molecule has 3 heterocycles. The molecule has 0 atom stereocenters. The molecular formula is C26H32N6O3S2. The van der Waals surface area contributed by atoms with Crippen LogP contribution in [0, 0.1) is 0 Å². The third-order valence-corrected chi connectivity index (χ3v) is 8.90. The Balaban J connectivity index is 1.22. The van der Waals surface area contributed by atoms with Crippen LogP contribution in [0.3, 0.4) is 0 Å². The number of rotatable bonds is 9. The lowest BCUT2D eigenvalue weighted by atomic mass is 9.95. The van der Waals surface area contributed by atoms with Gasteiger partial charge in [-0.25, -0.2) is 0 Å². The first-order valence-electron chi connectivity index (χ1n) is 12.7. The number of nitrogens with zero attached hydrogens (tertiary/aromatic N) is 4. The molecule has 2 aliphatic rings. The molecule has 1 saturated heterocycles. The Morgan fingerprint density at radius 1 is 1.11 bits per heavy atom. The Hall–Kier alpha value is -2.73. The maximum atomic E-state index is 13.2. The summed E-state index contributed by atoms with van der Waals surface area (Å²) in [4.78, 5) is 29.7. The van der Waals surface area contributed by atoms with Gasteiger partial charge in [-0.2, -0.15) is 0 Å². The fourth-order valence-electron chi connectivity index (χ4n) is 4.62. The summed E-state index contributed by atoms with van der Waals surface area (Å²) in [5.41, 5.74) is 2.75. The minimum atomic E-state index is -0.154. The van der Waals surface area contributed by atoms with E-state index >= 15 is 0 Å². The first-order chi connectivity index (χ1) is 18.1. The molecule has 1 fully saturated rings. The summed E-state index contributed by atoms with van der Waals surface area (Å²) in [7, 11) is 1.93. The highest BCUT2D eigenvalue weighted by Gasteiger charge is 2.26. The summed E-state index contributed by atoms with van der Waals surface area (Å²) < 4.78 is 7.36. The van der Waals surface area contributed by atoms with Gasteiger partial charge in [-0.3, -0.25) is 14.5 Å². The highest BCUT2D eigenvalue weighted by molar-refractivity contribution is 7.99. The molecule has 2 amide bonds. The molecule has 2 N–H and O–H groups in total. The lowest BCUT2D eigenvalue weighted by molar-refractivity contribution is -0.113. The molecule has 37 heavy (non-hydrogen) atoms. The number of carbonyl (C=O) groups is 2. The van der Waals surface area contributed by atoms with Gasteiger partial charge < -0.3 is 19.9 Å². The topological polar surface area (TPSA) is 101 Å². The second kappa shape index (κ2) is 12.2. The normalized spacial score (nSPS) is 15.8. The predicted octanol–water partition coefficient (Wildman–Crippen LogP) is 3.25. The van der Waals surface area contributed by atoms with Crippen molar-refractivity contribution in [1.82, 2.24) is 25.0 Å². The second-order valence-corrected chi connectivity index (χ2v) is 11.3. The Morgan fingerprint density at radius 3 is 2.70 bits per heavy atom. The van der Waals surface area contributed by atoms with Crippen LogP contribution in [0.25, 0.3) is 0 Å². The zero-order valence-corrected chi connectivity index (χ0v) is 22.6. The van der Waals surface area contributed by atoms with Crippen molar-refractivity contribution >= 4 is 39.9 Å².